The second-order valence-corrected chi connectivity index (χ2v) is 9.83. The number of aryl methyl sites for hydroxylation is 2. The molecule has 176 valence electrons. The van der Waals surface area contributed by atoms with Gasteiger partial charge in [-0.2, -0.15) is 0 Å². The summed E-state index contributed by atoms with van der Waals surface area (Å²) in [7, 11) is 0. The third-order valence-corrected chi connectivity index (χ3v) is 7.34. The predicted octanol–water partition coefficient (Wildman–Crippen LogP) is 4.65. The van der Waals surface area contributed by atoms with Gasteiger partial charge in [0.1, 0.15) is 0 Å². The average molecular weight is 448 g/mol. The number of amides is 2. The smallest absolute Gasteiger partial charge is 0.244 e. The fourth-order valence-corrected chi connectivity index (χ4v) is 5.34. The summed E-state index contributed by atoms with van der Waals surface area (Å²) in [6.45, 7) is 2.57. The first-order valence-corrected chi connectivity index (χ1v) is 12.5. The SMILES string of the molecule is Cc1ccc(CN2C(=O)[C@@H](N[C@@H](CCC3CCCCC3)C(N)=O)CCc3ccccc32)cc1. The van der Waals surface area contributed by atoms with Crippen molar-refractivity contribution in [2.45, 2.75) is 83.3 Å². The monoisotopic (exact) mass is 447 g/mol. The maximum atomic E-state index is 13.8. The highest BCUT2D eigenvalue weighted by Gasteiger charge is 2.33. The maximum absolute atomic E-state index is 13.8. The van der Waals surface area contributed by atoms with Crippen molar-refractivity contribution in [2.75, 3.05) is 4.90 Å². The molecule has 1 saturated carbocycles. The lowest BCUT2D eigenvalue weighted by molar-refractivity contribution is -0.123. The van der Waals surface area contributed by atoms with Crippen molar-refractivity contribution in [3.63, 3.8) is 0 Å². The Balaban J connectivity index is 1.51. The van der Waals surface area contributed by atoms with E-state index in [1.165, 1.54) is 43.2 Å². The van der Waals surface area contributed by atoms with Crippen LogP contribution >= 0.6 is 0 Å². The zero-order valence-corrected chi connectivity index (χ0v) is 19.8. The molecule has 0 radical (unpaired) electrons. The number of anilines is 1. The van der Waals surface area contributed by atoms with Gasteiger partial charge < -0.3 is 10.6 Å². The molecule has 2 aromatic carbocycles. The molecular formula is C28H37N3O2. The predicted molar refractivity (Wildman–Crippen MR) is 133 cm³/mol. The quantitative estimate of drug-likeness (QED) is 0.619. The normalized spacial score (nSPS) is 20.2. The van der Waals surface area contributed by atoms with Crippen molar-refractivity contribution in [1.29, 1.82) is 0 Å². The summed E-state index contributed by atoms with van der Waals surface area (Å²) in [5, 5.41) is 3.38. The molecule has 2 amide bonds. The summed E-state index contributed by atoms with van der Waals surface area (Å²) in [6.07, 6.45) is 9.53. The zero-order chi connectivity index (χ0) is 23.2. The Bertz CT molecular complexity index is 950. The Kier molecular flexibility index (Phi) is 7.81. The number of hydrogen-bond acceptors (Lipinski definition) is 3. The van der Waals surface area contributed by atoms with Gasteiger partial charge in [0.2, 0.25) is 11.8 Å². The largest absolute Gasteiger partial charge is 0.368 e. The Morgan fingerprint density at radius 1 is 1.06 bits per heavy atom. The molecule has 5 heteroatoms. The van der Waals surface area contributed by atoms with Crippen LogP contribution in [0, 0.1) is 12.8 Å². The molecule has 0 unspecified atom stereocenters. The standard InChI is InChI=1S/C28H37N3O2/c1-20-11-13-22(14-12-20)19-31-26-10-6-5-9-23(26)16-18-25(28(31)33)30-24(27(29)32)17-15-21-7-3-2-4-8-21/h5-6,9-14,21,24-25,30H,2-4,7-8,15-19H2,1H3,(H2,29,32)/t24-,25-/m0/s1. The number of carbonyl (C=O) groups is 2. The van der Waals surface area contributed by atoms with Crippen LogP contribution in [0.1, 0.15) is 68.1 Å². The van der Waals surface area contributed by atoms with E-state index in [2.05, 4.69) is 42.6 Å². The molecule has 5 nitrogen and oxygen atoms in total. The van der Waals surface area contributed by atoms with Crippen molar-refractivity contribution in [2.24, 2.45) is 11.7 Å². The van der Waals surface area contributed by atoms with E-state index < -0.39 is 12.1 Å². The highest BCUT2D eigenvalue weighted by atomic mass is 16.2. The number of nitrogens with zero attached hydrogens (tertiary/aromatic N) is 1. The van der Waals surface area contributed by atoms with Crippen LogP contribution in [-0.2, 0) is 22.6 Å². The van der Waals surface area contributed by atoms with Crippen LogP contribution in [0.4, 0.5) is 5.69 Å². The molecule has 0 spiro atoms. The van der Waals surface area contributed by atoms with E-state index in [0.29, 0.717) is 25.3 Å². The molecule has 0 bridgehead atoms. The molecule has 33 heavy (non-hydrogen) atoms. The molecule has 2 aromatic rings. The number of nitrogens with two attached hydrogens (primary N) is 1. The molecule has 1 heterocycles. The number of benzene rings is 2. The van der Waals surface area contributed by atoms with E-state index in [1.807, 2.05) is 23.1 Å². The molecule has 4 rings (SSSR count). The number of para-hydroxylation sites is 1. The molecule has 2 atom stereocenters. The highest BCUT2D eigenvalue weighted by molar-refractivity contribution is 5.99. The zero-order valence-electron chi connectivity index (χ0n) is 19.8. The highest BCUT2D eigenvalue weighted by Crippen LogP contribution is 2.30. The number of carbonyl (C=O) groups excluding carboxylic acids is 2. The summed E-state index contributed by atoms with van der Waals surface area (Å²) in [4.78, 5) is 27.9. The minimum Gasteiger partial charge on any atom is -0.368 e. The molecule has 2 aliphatic rings. The van der Waals surface area contributed by atoms with E-state index >= 15 is 0 Å². The van der Waals surface area contributed by atoms with Crippen molar-refractivity contribution in [3.8, 4) is 0 Å². The summed E-state index contributed by atoms with van der Waals surface area (Å²) >= 11 is 0. The van der Waals surface area contributed by atoms with Crippen LogP contribution in [0.3, 0.4) is 0 Å². The first-order chi connectivity index (χ1) is 16.0. The molecule has 1 aliphatic carbocycles. The van der Waals surface area contributed by atoms with E-state index in [9.17, 15) is 9.59 Å². The Morgan fingerprint density at radius 2 is 1.79 bits per heavy atom. The minimum absolute atomic E-state index is 0.0180. The van der Waals surface area contributed by atoms with E-state index in [0.717, 1.165) is 24.1 Å². The van der Waals surface area contributed by atoms with Gasteiger partial charge in [-0.15, -0.1) is 0 Å². The summed E-state index contributed by atoms with van der Waals surface area (Å²) in [5.41, 5.74) is 10.2. The number of hydrogen-bond donors (Lipinski definition) is 2. The van der Waals surface area contributed by atoms with Crippen LogP contribution in [-0.4, -0.2) is 23.9 Å². The van der Waals surface area contributed by atoms with Gasteiger partial charge in [0.05, 0.1) is 18.6 Å². The van der Waals surface area contributed by atoms with E-state index in [4.69, 9.17) is 5.73 Å². The van der Waals surface area contributed by atoms with Gasteiger partial charge in [-0.05, 0) is 55.7 Å². The van der Waals surface area contributed by atoms with Gasteiger partial charge in [-0.25, -0.2) is 0 Å². The molecule has 0 aromatic heterocycles. The van der Waals surface area contributed by atoms with Crippen molar-refractivity contribution in [3.05, 3.63) is 65.2 Å². The van der Waals surface area contributed by atoms with Gasteiger partial charge in [0.15, 0.2) is 0 Å². The summed E-state index contributed by atoms with van der Waals surface area (Å²) in [5.74, 6) is 0.337. The second kappa shape index (κ2) is 11.0. The molecule has 3 N–H and O–H groups in total. The van der Waals surface area contributed by atoms with E-state index in [1.54, 1.807) is 0 Å². The molecular weight excluding hydrogens is 410 g/mol. The third kappa shape index (κ3) is 6.02. The fraction of sp³-hybridized carbons (Fsp3) is 0.500. The van der Waals surface area contributed by atoms with Crippen LogP contribution < -0.4 is 16.0 Å². The topological polar surface area (TPSA) is 75.4 Å². The summed E-state index contributed by atoms with van der Waals surface area (Å²) in [6, 6.07) is 15.6. The minimum atomic E-state index is -0.469. The lowest BCUT2D eigenvalue weighted by Gasteiger charge is -2.29. The Morgan fingerprint density at radius 3 is 2.52 bits per heavy atom. The number of primary amides is 1. The Labute approximate surface area is 197 Å². The molecule has 1 fully saturated rings. The molecule has 0 saturated heterocycles. The van der Waals surface area contributed by atoms with Gasteiger partial charge in [0, 0.05) is 5.69 Å². The lowest BCUT2D eigenvalue weighted by Crippen LogP contribution is -2.53. The van der Waals surface area contributed by atoms with Gasteiger partial charge >= 0.3 is 0 Å². The van der Waals surface area contributed by atoms with Crippen LogP contribution in [0.5, 0.6) is 0 Å². The van der Waals surface area contributed by atoms with Gasteiger partial charge in [0.25, 0.3) is 0 Å². The molecule has 1 aliphatic heterocycles. The first-order valence-electron chi connectivity index (χ1n) is 12.5. The fourth-order valence-electron chi connectivity index (χ4n) is 5.34. The van der Waals surface area contributed by atoms with Crippen LogP contribution in [0.2, 0.25) is 0 Å². The van der Waals surface area contributed by atoms with Crippen LogP contribution in [0.15, 0.2) is 48.5 Å². The van der Waals surface area contributed by atoms with Crippen molar-refractivity contribution < 1.29 is 9.59 Å². The maximum Gasteiger partial charge on any atom is 0.244 e. The number of fused-ring (bicyclic) bond motifs is 1. The number of rotatable bonds is 8. The van der Waals surface area contributed by atoms with Gasteiger partial charge in [-0.1, -0.05) is 80.1 Å². The summed E-state index contributed by atoms with van der Waals surface area (Å²) < 4.78 is 0. The second-order valence-electron chi connectivity index (χ2n) is 9.83. The number of nitrogens with one attached hydrogen (secondary N) is 1. The average Bonchev–Trinajstić information content (AvgIpc) is 2.95. The lowest BCUT2D eigenvalue weighted by atomic mass is 9.85. The van der Waals surface area contributed by atoms with Crippen LogP contribution in [0.25, 0.3) is 0 Å². The van der Waals surface area contributed by atoms with Crippen molar-refractivity contribution >= 4 is 17.5 Å². The first kappa shape index (κ1) is 23.5. The third-order valence-electron chi connectivity index (χ3n) is 7.34. The van der Waals surface area contributed by atoms with Crippen molar-refractivity contribution in [1.82, 2.24) is 5.32 Å². The van der Waals surface area contributed by atoms with Gasteiger partial charge in [-0.3, -0.25) is 14.9 Å². The Hall–Kier alpha value is -2.66. The van der Waals surface area contributed by atoms with E-state index in [-0.39, 0.29) is 11.8 Å².